The number of ether oxygens (including phenoxy) is 1. The molecule has 0 saturated heterocycles. The maximum absolute atomic E-state index is 11.4. The van der Waals surface area contributed by atoms with Gasteiger partial charge in [0, 0.05) is 12.6 Å². The van der Waals surface area contributed by atoms with Crippen molar-refractivity contribution in [1.82, 2.24) is 4.37 Å². The van der Waals surface area contributed by atoms with Crippen LogP contribution in [0, 0.1) is 6.92 Å². The third-order valence-electron chi connectivity index (χ3n) is 2.16. The van der Waals surface area contributed by atoms with Gasteiger partial charge in [0.2, 0.25) is 0 Å². The first-order valence-corrected chi connectivity index (χ1v) is 6.15. The summed E-state index contributed by atoms with van der Waals surface area (Å²) in [4.78, 5) is 11.4. The second kappa shape index (κ2) is 5.96. The minimum absolute atomic E-state index is 0.0531. The maximum atomic E-state index is 11.4. The van der Waals surface area contributed by atoms with Gasteiger partial charge in [-0.3, -0.25) is 4.79 Å². The number of Topliss-reactive ketones (excluding diaryl/α,β-unsaturated/α-hetero) is 1. The lowest BCUT2D eigenvalue weighted by atomic mass is 10.2. The molecule has 0 aromatic carbocycles. The van der Waals surface area contributed by atoms with E-state index in [4.69, 9.17) is 4.74 Å². The van der Waals surface area contributed by atoms with Gasteiger partial charge in [-0.2, -0.15) is 4.37 Å². The van der Waals surface area contributed by atoms with Gasteiger partial charge in [0.05, 0.1) is 17.9 Å². The third-order valence-corrected chi connectivity index (χ3v) is 3.03. The molecular formula is C11H18N2O2S. The summed E-state index contributed by atoms with van der Waals surface area (Å²) in [6.45, 7) is 8.73. The van der Waals surface area contributed by atoms with Crippen LogP contribution in [0.15, 0.2) is 0 Å². The van der Waals surface area contributed by atoms with E-state index in [9.17, 15) is 4.79 Å². The third kappa shape index (κ3) is 3.28. The van der Waals surface area contributed by atoms with Gasteiger partial charge in [0.1, 0.15) is 5.00 Å². The lowest BCUT2D eigenvalue weighted by molar-refractivity contribution is 0.101. The standard InChI is InChI=1S/C11H18N2O2S/c1-5-15-6-7(2)12-11-10(9(4)14)8(3)13-16-11/h7,12H,5-6H2,1-4H3. The van der Waals surface area contributed by atoms with E-state index in [1.165, 1.54) is 11.5 Å². The van der Waals surface area contributed by atoms with Gasteiger partial charge in [-0.25, -0.2) is 0 Å². The molecule has 0 spiro atoms. The van der Waals surface area contributed by atoms with Crippen molar-refractivity contribution in [3.05, 3.63) is 11.3 Å². The van der Waals surface area contributed by atoms with Gasteiger partial charge < -0.3 is 10.1 Å². The number of hydrogen-bond acceptors (Lipinski definition) is 5. The van der Waals surface area contributed by atoms with Gasteiger partial charge in [-0.15, -0.1) is 0 Å². The van der Waals surface area contributed by atoms with E-state index in [0.29, 0.717) is 18.8 Å². The van der Waals surface area contributed by atoms with Crippen molar-refractivity contribution >= 4 is 22.3 Å². The molecule has 0 fully saturated rings. The Balaban J connectivity index is 2.70. The largest absolute Gasteiger partial charge is 0.380 e. The van der Waals surface area contributed by atoms with E-state index in [-0.39, 0.29) is 11.8 Å². The van der Waals surface area contributed by atoms with Crippen molar-refractivity contribution in [3.8, 4) is 0 Å². The molecule has 0 aliphatic rings. The summed E-state index contributed by atoms with van der Waals surface area (Å²) in [6.07, 6.45) is 0. The first-order valence-electron chi connectivity index (χ1n) is 5.37. The molecule has 0 saturated carbocycles. The van der Waals surface area contributed by atoms with Crippen molar-refractivity contribution in [1.29, 1.82) is 0 Å². The van der Waals surface area contributed by atoms with Crippen molar-refractivity contribution in [3.63, 3.8) is 0 Å². The highest BCUT2D eigenvalue weighted by atomic mass is 32.1. The summed E-state index contributed by atoms with van der Waals surface area (Å²) in [5, 5.41) is 4.10. The van der Waals surface area contributed by atoms with Gasteiger partial charge in [-0.05, 0) is 39.2 Å². The molecular weight excluding hydrogens is 224 g/mol. The van der Waals surface area contributed by atoms with E-state index in [1.807, 2.05) is 20.8 Å². The summed E-state index contributed by atoms with van der Waals surface area (Å²) in [6, 6.07) is 0.179. The Hall–Kier alpha value is -0.940. The predicted molar refractivity (Wildman–Crippen MR) is 66.4 cm³/mol. The van der Waals surface area contributed by atoms with Gasteiger partial charge in [0.15, 0.2) is 5.78 Å². The van der Waals surface area contributed by atoms with E-state index >= 15 is 0 Å². The zero-order chi connectivity index (χ0) is 12.1. The molecule has 0 aliphatic heterocycles. The Morgan fingerprint density at radius 3 is 2.88 bits per heavy atom. The number of aromatic nitrogens is 1. The highest BCUT2D eigenvalue weighted by molar-refractivity contribution is 7.10. The van der Waals surface area contributed by atoms with E-state index < -0.39 is 0 Å². The summed E-state index contributed by atoms with van der Waals surface area (Å²) in [5.41, 5.74) is 1.50. The van der Waals surface area contributed by atoms with Crippen LogP contribution in [0.3, 0.4) is 0 Å². The molecule has 1 aromatic rings. The number of nitrogens with zero attached hydrogens (tertiary/aromatic N) is 1. The fourth-order valence-corrected chi connectivity index (χ4v) is 2.40. The normalized spacial score (nSPS) is 12.5. The summed E-state index contributed by atoms with van der Waals surface area (Å²) < 4.78 is 9.50. The summed E-state index contributed by atoms with van der Waals surface area (Å²) in [7, 11) is 0. The van der Waals surface area contributed by atoms with E-state index in [2.05, 4.69) is 9.69 Å². The van der Waals surface area contributed by atoms with Crippen LogP contribution in [-0.4, -0.2) is 29.4 Å². The van der Waals surface area contributed by atoms with Crippen LogP contribution >= 0.6 is 11.5 Å². The Kier molecular flexibility index (Phi) is 4.89. The molecule has 1 aromatic heterocycles. The number of nitrogens with one attached hydrogen (secondary N) is 1. The lowest BCUT2D eigenvalue weighted by Gasteiger charge is -2.13. The topological polar surface area (TPSA) is 51.2 Å². The first kappa shape index (κ1) is 13.1. The van der Waals surface area contributed by atoms with Gasteiger partial charge in [-0.1, -0.05) is 0 Å². The van der Waals surface area contributed by atoms with E-state index in [0.717, 1.165) is 10.7 Å². The number of carbonyl (C=O) groups is 1. The molecule has 1 N–H and O–H groups in total. The summed E-state index contributed by atoms with van der Waals surface area (Å²) in [5.74, 6) is 0.0531. The minimum Gasteiger partial charge on any atom is -0.380 e. The first-order chi connectivity index (χ1) is 7.56. The number of hydrogen-bond donors (Lipinski definition) is 1. The fourth-order valence-electron chi connectivity index (χ4n) is 1.44. The Morgan fingerprint density at radius 2 is 2.31 bits per heavy atom. The molecule has 0 aliphatic carbocycles. The van der Waals surface area contributed by atoms with Crippen molar-refractivity contribution in [2.75, 3.05) is 18.5 Å². The van der Waals surface area contributed by atoms with Crippen LogP contribution in [0.5, 0.6) is 0 Å². The molecule has 1 atom stereocenters. The van der Waals surface area contributed by atoms with Crippen LogP contribution in [0.1, 0.15) is 36.8 Å². The van der Waals surface area contributed by atoms with E-state index in [1.54, 1.807) is 6.92 Å². The zero-order valence-corrected chi connectivity index (χ0v) is 11.0. The number of anilines is 1. The lowest BCUT2D eigenvalue weighted by Crippen LogP contribution is -2.22. The molecule has 1 unspecified atom stereocenters. The molecule has 1 heterocycles. The van der Waals surface area contributed by atoms with Crippen LogP contribution in [0.2, 0.25) is 0 Å². The molecule has 4 nitrogen and oxygen atoms in total. The summed E-state index contributed by atoms with van der Waals surface area (Å²) >= 11 is 1.33. The number of rotatable bonds is 6. The average Bonchev–Trinajstić information content (AvgIpc) is 2.56. The van der Waals surface area contributed by atoms with Crippen molar-refractivity contribution < 1.29 is 9.53 Å². The monoisotopic (exact) mass is 242 g/mol. The molecule has 5 heteroatoms. The van der Waals surface area contributed by atoms with Crippen LogP contribution < -0.4 is 5.32 Å². The average molecular weight is 242 g/mol. The second-order valence-electron chi connectivity index (χ2n) is 3.73. The number of ketones is 1. The van der Waals surface area contributed by atoms with Crippen LogP contribution in [0.25, 0.3) is 0 Å². The Labute approximate surface area is 100 Å². The molecule has 90 valence electrons. The van der Waals surface area contributed by atoms with Gasteiger partial charge >= 0.3 is 0 Å². The highest BCUT2D eigenvalue weighted by Crippen LogP contribution is 2.25. The van der Waals surface area contributed by atoms with Crippen LogP contribution in [0.4, 0.5) is 5.00 Å². The molecule has 1 rings (SSSR count). The Morgan fingerprint density at radius 1 is 1.62 bits per heavy atom. The maximum Gasteiger partial charge on any atom is 0.164 e. The fraction of sp³-hybridized carbons (Fsp3) is 0.636. The smallest absolute Gasteiger partial charge is 0.164 e. The predicted octanol–water partition coefficient (Wildman–Crippen LogP) is 2.49. The number of carbonyl (C=O) groups excluding carboxylic acids is 1. The molecule has 16 heavy (non-hydrogen) atoms. The highest BCUT2D eigenvalue weighted by Gasteiger charge is 2.16. The second-order valence-corrected chi connectivity index (χ2v) is 4.51. The van der Waals surface area contributed by atoms with Crippen molar-refractivity contribution in [2.45, 2.75) is 33.7 Å². The van der Waals surface area contributed by atoms with Crippen molar-refractivity contribution in [2.24, 2.45) is 0 Å². The molecule has 0 bridgehead atoms. The Bertz CT molecular complexity index is 363. The quantitative estimate of drug-likeness (QED) is 0.779. The van der Waals surface area contributed by atoms with Gasteiger partial charge in [0.25, 0.3) is 0 Å². The number of aryl methyl sites for hydroxylation is 1. The SMILES string of the molecule is CCOCC(C)Nc1snc(C)c1C(C)=O. The minimum atomic E-state index is 0.0531. The zero-order valence-electron chi connectivity index (χ0n) is 10.2. The molecule has 0 radical (unpaired) electrons. The molecule has 0 amide bonds. The van der Waals surface area contributed by atoms with Crippen LogP contribution in [-0.2, 0) is 4.74 Å².